The van der Waals surface area contributed by atoms with Crippen molar-refractivity contribution in [1.82, 2.24) is 9.97 Å². The average molecular weight is 305 g/mol. The first-order chi connectivity index (χ1) is 9.56. The largest absolute Gasteiger partial charge is 0.383 e. The summed E-state index contributed by atoms with van der Waals surface area (Å²) in [5, 5.41) is 1.89. The molecule has 3 rings (SSSR count). The number of aromatic nitrogens is 2. The normalized spacial score (nSPS) is 10.9. The fourth-order valence-electron chi connectivity index (χ4n) is 2.10. The van der Waals surface area contributed by atoms with Crippen molar-refractivity contribution in [2.75, 3.05) is 11.5 Å². The Kier molecular flexibility index (Phi) is 3.12. The van der Waals surface area contributed by atoms with Crippen LogP contribution in [0, 0.1) is 0 Å². The molecule has 0 aliphatic heterocycles. The number of rotatable bonds is 1. The quantitative estimate of drug-likeness (QED) is 0.717. The second kappa shape index (κ2) is 4.81. The van der Waals surface area contributed by atoms with E-state index in [1.54, 1.807) is 18.2 Å². The molecule has 100 valence electrons. The SMILES string of the molecule is Nc1nc(N)c2ccc(-c3c(Cl)cccc3Cl)cc2n1. The first-order valence-corrected chi connectivity index (χ1v) is 6.59. The summed E-state index contributed by atoms with van der Waals surface area (Å²) in [6.07, 6.45) is 0. The molecular formula is C14H10Cl2N4. The third kappa shape index (κ3) is 2.13. The highest BCUT2D eigenvalue weighted by molar-refractivity contribution is 6.39. The van der Waals surface area contributed by atoms with E-state index in [-0.39, 0.29) is 5.95 Å². The summed E-state index contributed by atoms with van der Waals surface area (Å²) >= 11 is 12.4. The molecule has 0 atom stereocenters. The maximum Gasteiger partial charge on any atom is 0.222 e. The fraction of sp³-hybridized carbons (Fsp3) is 0. The van der Waals surface area contributed by atoms with Crippen molar-refractivity contribution in [1.29, 1.82) is 0 Å². The van der Waals surface area contributed by atoms with Gasteiger partial charge in [-0.3, -0.25) is 0 Å². The zero-order valence-electron chi connectivity index (χ0n) is 10.3. The summed E-state index contributed by atoms with van der Waals surface area (Å²) in [4.78, 5) is 8.11. The number of nitrogens with zero attached hydrogens (tertiary/aromatic N) is 2. The molecular weight excluding hydrogens is 295 g/mol. The lowest BCUT2D eigenvalue weighted by Crippen LogP contribution is -2.00. The van der Waals surface area contributed by atoms with E-state index in [9.17, 15) is 0 Å². The Morgan fingerprint density at radius 1 is 0.900 bits per heavy atom. The van der Waals surface area contributed by atoms with Crippen molar-refractivity contribution in [3.63, 3.8) is 0 Å². The minimum atomic E-state index is 0.136. The molecule has 0 bridgehead atoms. The molecule has 0 aliphatic rings. The van der Waals surface area contributed by atoms with Crippen LogP contribution in [0.2, 0.25) is 10.0 Å². The van der Waals surface area contributed by atoms with Gasteiger partial charge in [0.1, 0.15) is 5.82 Å². The highest BCUT2D eigenvalue weighted by Gasteiger charge is 2.10. The van der Waals surface area contributed by atoms with Crippen LogP contribution in [0.25, 0.3) is 22.0 Å². The standard InChI is InChI=1S/C14H10Cl2N4/c15-9-2-1-3-10(16)12(9)7-4-5-8-11(6-7)19-14(18)20-13(8)17/h1-6H,(H4,17,18,19,20). The van der Waals surface area contributed by atoms with E-state index in [0.717, 1.165) is 16.5 Å². The van der Waals surface area contributed by atoms with Crippen LogP contribution in [-0.2, 0) is 0 Å². The zero-order valence-corrected chi connectivity index (χ0v) is 11.8. The van der Waals surface area contributed by atoms with Crippen LogP contribution in [0.1, 0.15) is 0 Å². The molecule has 2 aromatic carbocycles. The van der Waals surface area contributed by atoms with Gasteiger partial charge in [-0.1, -0.05) is 35.3 Å². The van der Waals surface area contributed by atoms with Gasteiger partial charge in [0.05, 0.1) is 5.52 Å². The minimum absolute atomic E-state index is 0.136. The molecule has 0 radical (unpaired) electrons. The zero-order chi connectivity index (χ0) is 14.3. The molecule has 0 saturated heterocycles. The van der Waals surface area contributed by atoms with Gasteiger partial charge < -0.3 is 11.5 Å². The predicted molar refractivity (Wildman–Crippen MR) is 83.8 cm³/mol. The van der Waals surface area contributed by atoms with Crippen LogP contribution in [-0.4, -0.2) is 9.97 Å². The molecule has 0 unspecified atom stereocenters. The fourth-order valence-corrected chi connectivity index (χ4v) is 2.72. The Bertz CT molecular complexity index is 797. The Hall–Kier alpha value is -2.04. The van der Waals surface area contributed by atoms with Gasteiger partial charge in [0.25, 0.3) is 0 Å². The van der Waals surface area contributed by atoms with Gasteiger partial charge in [0, 0.05) is 21.0 Å². The molecule has 0 aliphatic carbocycles. The topological polar surface area (TPSA) is 77.8 Å². The van der Waals surface area contributed by atoms with Crippen LogP contribution in [0.4, 0.5) is 11.8 Å². The van der Waals surface area contributed by atoms with E-state index in [4.69, 9.17) is 34.7 Å². The van der Waals surface area contributed by atoms with Gasteiger partial charge in [-0.2, -0.15) is 4.98 Å². The molecule has 0 spiro atoms. The molecule has 4 N–H and O–H groups in total. The third-order valence-corrected chi connectivity index (χ3v) is 3.63. The van der Waals surface area contributed by atoms with E-state index in [1.165, 1.54) is 0 Å². The van der Waals surface area contributed by atoms with E-state index in [0.29, 0.717) is 21.4 Å². The minimum Gasteiger partial charge on any atom is -0.383 e. The smallest absolute Gasteiger partial charge is 0.222 e. The van der Waals surface area contributed by atoms with Gasteiger partial charge >= 0.3 is 0 Å². The van der Waals surface area contributed by atoms with Crippen molar-refractivity contribution >= 4 is 45.9 Å². The molecule has 20 heavy (non-hydrogen) atoms. The number of anilines is 2. The summed E-state index contributed by atoms with van der Waals surface area (Å²) < 4.78 is 0. The summed E-state index contributed by atoms with van der Waals surface area (Å²) in [6.45, 7) is 0. The van der Waals surface area contributed by atoms with Crippen molar-refractivity contribution in [2.24, 2.45) is 0 Å². The highest BCUT2D eigenvalue weighted by atomic mass is 35.5. The lowest BCUT2D eigenvalue weighted by atomic mass is 10.0. The predicted octanol–water partition coefficient (Wildman–Crippen LogP) is 3.77. The van der Waals surface area contributed by atoms with Crippen molar-refractivity contribution < 1.29 is 0 Å². The Labute approximate surface area is 125 Å². The van der Waals surface area contributed by atoms with Gasteiger partial charge in [0.2, 0.25) is 5.95 Å². The van der Waals surface area contributed by atoms with Crippen LogP contribution >= 0.6 is 23.2 Å². The Morgan fingerprint density at radius 2 is 1.60 bits per heavy atom. The first-order valence-electron chi connectivity index (χ1n) is 5.83. The van der Waals surface area contributed by atoms with Gasteiger partial charge in [-0.25, -0.2) is 4.98 Å². The summed E-state index contributed by atoms with van der Waals surface area (Å²) in [7, 11) is 0. The van der Waals surface area contributed by atoms with Gasteiger partial charge in [-0.05, 0) is 29.8 Å². The molecule has 4 nitrogen and oxygen atoms in total. The first kappa shape index (κ1) is 13.0. The molecule has 3 aromatic rings. The van der Waals surface area contributed by atoms with Crippen LogP contribution in [0.5, 0.6) is 0 Å². The molecule has 1 aromatic heterocycles. The average Bonchev–Trinajstić information content (AvgIpc) is 2.37. The van der Waals surface area contributed by atoms with Crippen molar-refractivity contribution in [3.05, 3.63) is 46.4 Å². The molecule has 6 heteroatoms. The number of nitrogens with two attached hydrogens (primary N) is 2. The lowest BCUT2D eigenvalue weighted by molar-refractivity contribution is 1.25. The van der Waals surface area contributed by atoms with Crippen molar-refractivity contribution in [3.8, 4) is 11.1 Å². The van der Waals surface area contributed by atoms with Crippen LogP contribution < -0.4 is 11.5 Å². The van der Waals surface area contributed by atoms with Gasteiger partial charge in [0.15, 0.2) is 0 Å². The van der Waals surface area contributed by atoms with E-state index >= 15 is 0 Å². The third-order valence-electron chi connectivity index (χ3n) is 3.00. The number of hydrogen-bond donors (Lipinski definition) is 2. The van der Waals surface area contributed by atoms with Crippen LogP contribution in [0.15, 0.2) is 36.4 Å². The highest BCUT2D eigenvalue weighted by Crippen LogP contribution is 2.36. The maximum absolute atomic E-state index is 6.21. The number of fused-ring (bicyclic) bond motifs is 1. The Morgan fingerprint density at radius 3 is 2.30 bits per heavy atom. The lowest BCUT2D eigenvalue weighted by Gasteiger charge is -2.09. The molecule has 1 heterocycles. The van der Waals surface area contributed by atoms with E-state index < -0.39 is 0 Å². The molecule has 0 fully saturated rings. The molecule has 0 amide bonds. The second-order valence-corrected chi connectivity index (χ2v) is 5.11. The summed E-state index contributed by atoms with van der Waals surface area (Å²) in [6, 6.07) is 10.9. The monoisotopic (exact) mass is 304 g/mol. The number of halogens is 2. The molecule has 0 saturated carbocycles. The van der Waals surface area contributed by atoms with Gasteiger partial charge in [-0.15, -0.1) is 0 Å². The number of hydrogen-bond acceptors (Lipinski definition) is 4. The van der Waals surface area contributed by atoms with Crippen molar-refractivity contribution in [2.45, 2.75) is 0 Å². The summed E-state index contributed by atoms with van der Waals surface area (Å²) in [5.74, 6) is 0.488. The number of benzene rings is 2. The summed E-state index contributed by atoms with van der Waals surface area (Å²) in [5.41, 5.74) is 13.7. The van der Waals surface area contributed by atoms with Crippen LogP contribution in [0.3, 0.4) is 0 Å². The second-order valence-electron chi connectivity index (χ2n) is 4.30. The maximum atomic E-state index is 6.21. The number of nitrogen functional groups attached to an aromatic ring is 2. The van der Waals surface area contributed by atoms with E-state index in [1.807, 2.05) is 18.2 Å². The van der Waals surface area contributed by atoms with E-state index in [2.05, 4.69) is 9.97 Å². The Balaban J connectivity index is 2.28.